The molecule has 1 rings (SSSR count). The molecule has 17 heavy (non-hydrogen) atoms. The van der Waals surface area contributed by atoms with E-state index in [1.807, 2.05) is 44.1 Å². The molecular weight excluding hydrogens is 214 g/mol. The van der Waals surface area contributed by atoms with Gasteiger partial charge in [0.05, 0.1) is 6.42 Å². The Labute approximate surface area is 103 Å². The minimum Gasteiger partial charge on any atom is -0.481 e. The van der Waals surface area contributed by atoms with Crippen LogP contribution in [-0.2, 0) is 11.2 Å². The molecule has 3 heteroatoms. The van der Waals surface area contributed by atoms with E-state index in [1.165, 1.54) is 5.56 Å². The van der Waals surface area contributed by atoms with Crippen LogP contribution < -0.4 is 0 Å². The summed E-state index contributed by atoms with van der Waals surface area (Å²) in [6.07, 6.45) is 1.92. The van der Waals surface area contributed by atoms with Gasteiger partial charge in [-0.1, -0.05) is 30.3 Å². The molecule has 0 amide bonds. The maximum absolute atomic E-state index is 10.9. The fraction of sp³-hybridized carbons (Fsp3) is 0.500. The lowest BCUT2D eigenvalue weighted by Crippen LogP contribution is -2.43. The average Bonchev–Trinajstić information content (AvgIpc) is 2.27. The third-order valence-electron chi connectivity index (χ3n) is 3.41. The van der Waals surface area contributed by atoms with Crippen LogP contribution in [0.4, 0.5) is 0 Å². The first-order chi connectivity index (χ1) is 7.94. The molecule has 1 atom stereocenters. The second-order valence-corrected chi connectivity index (χ2v) is 4.95. The number of carbonyl (C=O) groups is 1. The molecule has 0 bridgehead atoms. The molecule has 94 valence electrons. The molecular formula is C14H21NO2. The highest BCUT2D eigenvalue weighted by Gasteiger charge is 2.29. The standard InChI is InChI=1S/C14H21NO2/c1-14(15(2)3,11-13(16)17)10-9-12-7-5-4-6-8-12/h4-8H,9-11H2,1-3H3,(H,16,17). The van der Waals surface area contributed by atoms with Gasteiger partial charge < -0.3 is 10.0 Å². The molecule has 0 aliphatic carbocycles. The number of rotatable bonds is 6. The van der Waals surface area contributed by atoms with Gasteiger partial charge in [-0.2, -0.15) is 0 Å². The van der Waals surface area contributed by atoms with Gasteiger partial charge in [-0.25, -0.2) is 0 Å². The lowest BCUT2D eigenvalue weighted by Gasteiger charge is -2.35. The van der Waals surface area contributed by atoms with E-state index in [0.717, 1.165) is 12.8 Å². The molecule has 0 spiro atoms. The number of hydrogen-bond donors (Lipinski definition) is 1. The maximum Gasteiger partial charge on any atom is 0.305 e. The summed E-state index contributed by atoms with van der Waals surface area (Å²) in [5.74, 6) is -0.741. The summed E-state index contributed by atoms with van der Waals surface area (Å²) in [6, 6.07) is 10.2. The predicted octanol–water partition coefficient (Wildman–Crippen LogP) is 2.41. The lowest BCUT2D eigenvalue weighted by molar-refractivity contribution is -0.139. The zero-order chi connectivity index (χ0) is 12.9. The number of carboxylic acids is 1. The largest absolute Gasteiger partial charge is 0.481 e. The van der Waals surface area contributed by atoms with Gasteiger partial charge in [0.15, 0.2) is 0 Å². The zero-order valence-corrected chi connectivity index (χ0v) is 10.8. The minimum absolute atomic E-state index is 0.173. The van der Waals surface area contributed by atoms with E-state index in [-0.39, 0.29) is 12.0 Å². The Morgan fingerprint density at radius 3 is 2.35 bits per heavy atom. The highest BCUT2D eigenvalue weighted by atomic mass is 16.4. The number of benzene rings is 1. The van der Waals surface area contributed by atoms with Gasteiger partial charge in [-0.05, 0) is 39.4 Å². The van der Waals surface area contributed by atoms with E-state index in [0.29, 0.717) is 0 Å². The van der Waals surface area contributed by atoms with Crippen molar-refractivity contribution in [1.82, 2.24) is 4.90 Å². The van der Waals surface area contributed by atoms with Crippen molar-refractivity contribution >= 4 is 5.97 Å². The molecule has 0 saturated carbocycles. The molecule has 0 aromatic heterocycles. The number of hydrogen-bond acceptors (Lipinski definition) is 2. The van der Waals surface area contributed by atoms with Gasteiger partial charge in [0, 0.05) is 5.54 Å². The number of nitrogens with zero attached hydrogens (tertiary/aromatic N) is 1. The van der Waals surface area contributed by atoms with Crippen LogP contribution in [0.15, 0.2) is 30.3 Å². The second kappa shape index (κ2) is 5.82. The fourth-order valence-electron chi connectivity index (χ4n) is 1.85. The van der Waals surface area contributed by atoms with Gasteiger partial charge in [0.25, 0.3) is 0 Å². The Morgan fingerprint density at radius 1 is 1.29 bits per heavy atom. The van der Waals surface area contributed by atoms with Crippen molar-refractivity contribution < 1.29 is 9.90 Å². The first-order valence-corrected chi connectivity index (χ1v) is 5.87. The molecule has 0 fully saturated rings. The summed E-state index contributed by atoms with van der Waals surface area (Å²) < 4.78 is 0. The van der Waals surface area contributed by atoms with Crippen molar-refractivity contribution in [2.24, 2.45) is 0 Å². The monoisotopic (exact) mass is 235 g/mol. The Bertz CT molecular complexity index is 362. The average molecular weight is 235 g/mol. The van der Waals surface area contributed by atoms with Crippen LogP contribution in [0.25, 0.3) is 0 Å². The van der Waals surface area contributed by atoms with Crippen molar-refractivity contribution in [3.63, 3.8) is 0 Å². The first-order valence-electron chi connectivity index (χ1n) is 5.87. The molecule has 1 aromatic rings. The van der Waals surface area contributed by atoms with Gasteiger partial charge in [-0.3, -0.25) is 4.79 Å². The maximum atomic E-state index is 10.9. The van der Waals surface area contributed by atoms with Crippen LogP contribution >= 0.6 is 0 Å². The molecule has 1 aromatic carbocycles. The summed E-state index contributed by atoms with van der Waals surface area (Å²) in [5, 5.41) is 8.97. The van der Waals surface area contributed by atoms with Crippen LogP contribution in [0, 0.1) is 0 Å². The van der Waals surface area contributed by atoms with E-state index in [1.54, 1.807) is 0 Å². The molecule has 0 aliphatic rings. The fourth-order valence-corrected chi connectivity index (χ4v) is 1.85. The minimum atomic E-state index is -0.741. The van der Waals surface area contributed by atoms with Gasteiger partial charge in [-0.15, -0.1) is 0 Å². The molecule has 1 unspecified atom stereocenters. The van der Waals surface area contributed by atoms with Crippen molar-refractivity contribution in [1.29, 1.82) is 0 Å². The summed E-state index contributed by atoms with van der Waals surface area (Å²) in [7, 11) is 3.88. The molecule has 1 N–H and O–H groups in total. The Kier molecular flexibility index (Phi) is 4.70. The van der Waals surface area contributed by atoms with Crippen LogP contribution in [0.3, 0.4) is 0 Å². The van der Waals surface area contributed by atoms with E-state index < -0.39 is 5.97 Å². The third kappa shape index (κ3) is 4.19. The smallest absolute Gasteiger partial charge is 0.305 e. The van der Waals surface area contributed by atoms with Crippen LogP contribution in [0.2, 0.25) is 0 Å². The summed E-state index contributed by atoms with van der Waals surface area (Å²) in [5.41, 5.74) is 0.966. The zero-order valence-electron chi connectivity index (χ0n) is 10.8. The lowest BCUT2D eigenvalue weighted by atomic mass is 9.89. The van der Waals surface area contributed by atoms with E-state index in [2.05, 4.69) is 12.1 Å². The predicted molar refractivity (Wildman–Crippen MR) is 69.1 cm³/mol. The van der Waals surface area contributed by atoms with Crippen LogP contribution in [0.5, 0.6) is 0 Å². The Morgan fingerprint density at radius 2 is 1.88 bits per heavy atom. The SMILES string of the molecule is CN(C)C(C)(CCc1ccccc1)CC(=O)O. The van der Waals surface area contributed by atoms with Crippen LogP contribution in [0.1, 0.15) is 25.3 Å². The topological polar surface area (TPSA) is 40.5 Å². The van der Waals surface area contributed by atoms with Crippen LogP contribution in [-0.4, -0.2) is 35.6 Å². The highest BCUT2D eigenvalue weighted by Crippen LogP contribution is 2.23. The Balaban J connectivity index is 2.65. The molecule has 0 radical (unpaired) electrons. The number of aliphatic carboxylic acids is 1. The normalized spacial score (nSPS) is 14.6. The summed E-state index contributed by atoms with van der Waals surface area (Å²) in [4.78, 5) is 12.9. The van der Waals surface area contributed by atoms with Gasteiger partial charge in [0.2, 0.25) is 0 Å². The third-order valence-corrected chi connectivity index (χ3v) is 3.41. The quantitative estimate of drug-likeness (QED) is 0.823. The van der Waals surface area contributed by atoms with Gasteiger partial charge in [0.1, 0.15) is 0 Å². The van der Waals surface area contributed by atoms with E-state index >= 15 is 0 Å². The van der Waals surface area contributed by atoms with E-state index in [4.69, 9.17) is 5.11 Å². The Hall–Kier alpha value is -1.35. The van der Waals surface area contributed by atoms with Crippen molar-refractivity contribution in [2.75, 3.05) is 14.1 Å². The first kappa shape index (κ1) is 13.7. The van der Waals surface area contributed by atoms with E-state index in [9.17, 15) is 4.79 Å². The van der Waals surface area contributed by atoms with Crippen molar-refractivity contribution in [2.45, 2.75) is 31.7 Å². The van der Waals surface area contributed by atoms with Gasteiger partial charge >= 0.3 is 5.97 Å². The van der Waals surface area contributed by atoms with Crippen molar-refractivity contribution in [3.05, 3.63) is 35.9 Å². The summed E-state index contributed by atoms with van der Waals surface area (Å²) in [6.45, 7) is 2.00. The molecule has 0 heterocycles. The molecule has 0 saturated heterocycles. The molecule has 0 aliphatic heterocycles. The number of carboxylic acid groups (broad SMARTS) is 1. The van der Waals surface area contributed by atoms with Crippen molar-refractivity contribution in [3.8, 4) is 0 Å². The number of aryl methyl sites for hydroxylation is 1. The summed E-state index contributed by atoms with van der Waals surface area (Å²) >= 11 is 0. The second-order valence-electron chi connectivity index (χ2n) is 4.95. The molecule has 3 nitrogen and oxygen atoms in total. The highest BCUT2D eigenvalue weighted by molar-refractivity contribution is 5.68.